The van der Waals surface area contributed by atoms with Crippen molar-refractivity contribution < 1.29 is 16.9 Å². The Kier molecular flexibility index (Phi) is 16.3. The second kappa shape index (κ2) is 14.0. The Morgan fingerprint density at radius 2 is 1.33 bits per heavy atom. The maximum absolute atomic E-state index is 2.38. The lowest BCUT2D eigenvalue weighted by molar-refractivity contribution is -0.877. The van der Waals surface area contributed by atoms with E-state index in [1.165, 1.54) is 74.0 Å². The summed E-state index contributed by atoms with van der Waals surface area (Å²) in [4.78, 5) is 0. The second-order valence-corrected chi connectivity index (χ2v) is 6.89. The van der Waals surface area contributed by atoms with Crippen LogP contribution in [0.25, 0.3) is 0 Å². The third-order valence-electron chi connectivity index (χ3n) is 3.20. The molecule has 0 aliphatic heterocycles. The van der Waals surface area contributed by atoms with Crippen LogP contribution in [-0.4, -0.2) is 36.8 Å². The third kappa shape index (κ3) is 14.7. The highest BCUT2D eigenvalue weighted by Crippen LogP contribution is 2.13. The molecule has 0 aromatic carbocycles. The first kappa shape index (κ1) is 20.9. The van der Waals surface area contributed by atoms with Crippen LogP contribution in [-0.2, 0) is 0 Å². The second-order valence-electron chi connectivity index (χ2n) is 5.82. The summed E-state index contributed by atoms with van der Waals surface area (Å²) in [7, 11) is 4.76. The molecule has 0 fully saturated rings. The summed E-state index contributed by atoms with van der Waals surface area (Å²) < 4.78 is 1.20. The van der Waals surface area contributed by atoms with E-state index in [0.717, 1.165) is 0 Å². The van der Waals surface area contributed by atoms with Gasteiger partial charge in [-0.1, -0.05) is 46.0 Å². The standard InChI is InChI=1S/C15H34NS.ClH/c1-5-7-9-10-11-12-13-16(3,4)15-17-14-8-6-2;/h5-15H2,1-4H3;1H/q+1;/p-1. The summed E-state index contributed by atoms with van der Waals surface area (Å²) in [6, 6.07) is 0. The van der Waals surface area contributed by atoms with Crippen molar-refractivity contribution in [2.75, 3.05) is 32.3 Å². The van der Waals surface area contributed by atoms with Gasteiger partial charge in [0, 0.05) is 0 Å². The van der Waals surface area contributed by atoms with Gasteiger partial charge in [0.25, 0.3) is 0 Å². The van der Waals surface area contributed by atoms with Crippen molar-refractivity contribution in [3.8, 4) is 0 Å². The fraction of sp³-hybridized carbons (Fsp3) is 1.00. The zero-order valence-electron chi connectivity index (χ0n) is 13.0. The number of thioether (sulfide) groups is 1. The van der Waals surface area contributed by atoms with E-state index in [9.17, 15) is 0 Å². The zero-order chi connectivity index (χ0) is 13.0. The molecule has 0 saturated heterocycles. The first-order chi connectivity index (χ1) is 8.12. The molecule has 0 saturated carbocycles. The average molecular weight is 296 g/mol. The fourth-order valence-electron chi connectivity index (χ4n) is 1.94. The minimum Gasteiger partial charge on any atom is -1.00 e. The fourth-order valence-corrected chi connectivity index (χ4v) is 3.19. The summed E-state index contributed by atoms with van der Waals surface area (Å²) in [5, 5.41) is 0. The van der Waals surface area contributed by atoms with Gasteiger partial charge in [-0.15, -0.1) is 11.8 Å². The van der Waals surface area contributed by atoms with Gasteiger partial charge in [-0.3, -0.25) is 0 Å². The first-order valence-corrected chi connectivity index (χ1v) is 8.67. The van der Waals surface area contributed by atoms with E-state index in [1.807, 2.05) is 0 Å². The Hall–Kier alpha value is 0.600. The Labute approximate surface area is 126 Å². The van der Waals surface area contributed by atoms with Crippen LogP contribution in [0.4, 0.5) is 0 Å². The van der Waals surface area contributed by atoms with Crippen LogP contribution < -0.4 is 12.4 Å². The maximum Gasteiger partial charge on any atom is 0.125 e. The van der Waals surface area contributed by atoms with Crippen molar-refractivity contribution in [1.82, 2.24) is 0 Å². The van der Waals surface area contributed by atoms with Crippen molar-refractivity contribution in [2.24, 2.45) is 0 Å². The first-order valence-electron chi connectivity index (χ1n) is 7.52. The summed E-state index contributed by atoms with van der Waals surface area (Å²) in [5.41, 5.74) is 0. The van der Waals surface area contributed by atoms with Crippen molar-refractivity contribution in [1.29, 1.82) is 0 Å². The lowest BCUT2D eigenvalue weighted by Gasteiger charge is -2.29. The Morgan fingerprint density at radius 1 is 0.778 bits per heavy atom. The molecule has 0 aromatic rings. The monoisotopic (exact) mass is 295 g/mol. The van der Waals surface area contributed by atoms with E-state index >= 15 is 0 Å². The molecule has 18 heavy (non-hydrogen) atoms. The highest BCUT2D eigenvalue weighted by atomic mass is 35.5. The molecule has 0 spiro atoms. The maximum atomic E-state index is 2.38. The average Bonchev–Trinajstić information content (AvgIpc) is 2.29. The van der Waals surface area contributed by atoms with E-state index in [4.69, 9.17) is 0 Å². The van der Waals surface area contributed by atoms with Crippen LogP contribution in [0.3, 0.4) is 0 Å². The minimum atomic E-state index is 0. The van der Waals surface area contributed by atoms with Gasteiger partial charge >= 0.3 is 0 Å². The molecule has 0 aliphatic carbocycles. The topological polar surface area (TPSA) is 0 Å². The number of halogens is 1. The predicted octanol–water partition coefficient (Wildman–Crippen LogP) is 1.92. The van der Waals surface area contributed by atoms with E-state index in [1.54, 1.807) is 0 Å². The zero-order valence-corrected chi connectivity index (χ0v) is 14.6. The molecule has 0 amide bonds. The van der Waals surface area contributed by atoms with E-state index in [-0.39, 0.29) is 12.4 Å². The molecule has 0 heterocycles. The minimum absolute atomic E-state index is 0. The highest BCUT2D eigenvalue weighted by Gasteiger charge is 2.13. The molecule has 0 atom stereocenters. The van der Waals surface area contributed by atoms with E-state index in [0.29, 0.717) is 0 Å². The SMILES string of the molecule is CCCCCCCC[N+](C)(C)CSCCCC.[Cl-]. The van der Waals surface area contributed by atoms with E-state index in [2.05, 4.69) is 39.7 Å². The van der Waals surface area contributed by atoms with Gasteiger partial charge in [-0.05, 0) is 25.0 Å². The van der Waals surface area contributed by atoms with Crippen molar-refractivity contribution >= 4 is 11.8 Å². The normalized spacial score (nSPS) is 11.3. The molecule has 112 valence electrons. The number of rotatable bonds is 12. The lowest BCUT2D eigenvalue weighted by Crippen LogP contribution is -3.00. The van der Waals surface area contributed by atoms with Gasteiger partial charge in [0.2, 0.25) is 0 Å². The van der Waals surface area contributed by atoms with Gasteiger partial charge in [0.15, 0.2) is 0 Å². The molecule has 1 nitrogen and oxygen atoms in total. The number of hydrogen-bond donors (Lipinski definition) is 0. The third-order valence-corrected chi connectivity index (χ3v) is 4.66. The number of nitrogens with zero attached hydrogens (tertiary/aromatic N) is 1. The number of quaternary nitrogens is 1. The molecule has 0 radical (unpaired) electrons. The van der Waals surface area contributed by atoms with Crippen LogP contribution in [0.5, 0.6) is 0 Å². The molecule has 3 heteroatoms. The van der Waals surface area contributed by atoms with Crippen molar-refractivity contribution in [2.45, 2.75) is 65.2 Å². The summed E-state index contributed by atoms with van der Waals surface area (Å²) in [6.45, 7) is 5.91. The number of unbranched alkanes of at least 4 members (excludes halogenated alkanes) is 6. The van der Waals surface area contributed by atoms with Gasteiger partial charge in [0.1, 0.15) is 5.88 Å². The van der Waals surface area contributed by atoms with Crippen LogP contribution in [0.15, 0.2) is 0 Å². The quantitative estimate of drug-likeness (QED) is 0.301. The number of hydrogen-bond acceptors (Lipinski definition) is 1. The summed E-state index contributed by atoms with van der Waals surface area (Å²) in [6.07, 6.45) is 11.2. The smallest absolute Gasteiger partial charge is 0.125 e. The summed E-state index contributed by atoms with van der Waals surface area (Å²) >= 11 is 2.13. The van der Waals surface area contributed by atoms with Crippen LogP contribution in [0, 0.1) is 0 Å². The Morgan fingerprint density at radius 3 is 1.94 bits per heavy atom. The Bertz CT molecular complexity index is 163. The molecule has 0 aliphatic rings. The molecular weight excluding hydrogens is 262 g/mol. The highest BCUT2D eigenvalue weighted by molar-refractivity contribution is 7.99. The molecule has 0 rings (SSSR count). The Balaban J connectivity index is 0. The molecule has 0 aromatic heterocycles. The van der Waals surface area contributed by atoms with Gasteiger partial charge in [-0.25, -0.2) is 0 Å². The van der Waals surface area contributed by atoms with Crippen LogP contribution in [0.2, 0.25) is 0 Å². The summed E-state index contributed by atoms with van der Waals surface area (Å²) in [5.74, 6) is 2.63. The molecule has 0 unspecified atom stereocenters. The predicted molar refractivity (Wildman–Crippen MR) is 82.6 cm³/mol. The molecule has 0 N–H and O–H groups in total. The van der Waals surface area contributed by atoms with Gasteiger partial charge in [0.05, 0.1) is 20.6 Å². The molecular formula is C15H34ClNS. The lowest BCUT2D eigenvalue weighted by atomic mass is 10.1. The van der Waals surface area contributed by atoms with Gasteiger partial charge < -0.3 is 16.9 Å². The van der Waals surface area contributed by atoms with Crippen molar-refractivity contribution in [3.63, 3.8) is 0 Å². The van der Waals surface area contributed by atoms with Crippen LogP contribution in [0.1, 0.15) is 65.2 Å². The van der Waals surface area contributed by atoms with Crippen LogP contribution >= 0.6 is 11.8 Å². The van der Waals surface area contributed by atoms with Gasteiger partial charge in [-0.2, -0.15) is 0 Å². The molecule has 0 bridgehead atoms. The largest absolute Gasteiger partial charge is 1.00 e. The van der Waals surface area contributed by atoms with E-state index < -0.39 is 0 Å². The van der Waals surface area contributed by atoms with Crippen molar-refractivity contribution in [3.05, 3.63) is 0 Å².